The highest BCUT2D eigenvalue weighted by Crippen LogP contribution is 2.14. The first kappa shape index (κ1) is 47.0. The zero-order chi connectivity index (χ0) is 35.6. The van der Waals surface area contributed by atoms with E-state index in [0.29, 0.717) is 42.2 Å². The molecule has 0 aromatic heterocycles. The number of thioether (sulfide) groups is 1. The van der Waals surface area contributed by atoms with E-state index in [0.717, 1.165) is 38.0 Å². The molecule has 0 fully saturated rings. The molecule has 0 aliphatic rings. The molecule has 0 spiro atoms. The van der Waals surface area contributed by atoms with Gasteiger partial charge in [-0.3, -0.25) is 14.4 Å². The van der Waals surface area contributed by atoms with E-state index >= 15 is 0 Å². The summed E-state index contributed by atoms with van der Waals surface area (Å²) < 4.78 is 11.7. The van der Waals surface area contributed by atoms with Crippen LogP contribution in [0.1, 0.15) is 168 Å². The molecule has 0 saturated carbocycles. The lowest BCUT2D eigenvalue weighted by Crippen LogP contribution is -2.41. The Hall–Kier alpha value is -0.990. The fourth-order valence-corrected chi connectivity index (χ4v) is 6.78. The highest BCUT2D eigenvalue weighted by atomic mass is 35.5. The van der Waals surface area contributed by atoms with Crippen LogP contribution in [0.2, 0.25) is 0 Å². The standard InChI is InChI=1S/C39H76ClN2O5S/c1-5-7-9-11-13-15-17-19-21-23-25-27-38(44)46-32-29-41(37(43)35-48-34-31-42(3,4)36-40)30-33-47-39(45)28-26-24-22-20-18-16-14-12-10-8-6-2/h5-36H2,1-4H3/q+1. The lowest BCUT2D eigenvalue weighted by molar-refractivity contribution is -0.876. The zero-order valence-electron chi connectivity index (χ0n) is 31.8. The number of hydrogen-bond acceptors (Lipinski definition) is 6. The van der Waals surface area contributed by atoms with Gasteiger partial charge in [0.2, 0.25) is 5.91 Å². The molecule has 0 radical (unpaired) electrons. The van der Waals surface area contributed by atoms with E-state index in [1.165, 1.54) is 116 Å². The third-order valence-electron chi connectivity index (χ3n) is 8.96. The third kappa shape index (κ3) is 32.2. The van der Waals surface area contributed by atoms with E-state index < -0.39 is 0 Å². The molecule has 0 N–H and O–H groups in total. The summed E-state index contributed by atoms with van der Waals surface area (Å²) in [6, 6.07) is 0.524. The van der Waals surface area contributed by atoms with Crippen LogP contribution in [0, 0.1) is 0 Å². The van der Waals surface area contributed by atoms with Crippen molar-refractivity contribution in [1.82, 2.24) is 4.90 Å². The highest BCUT2D eigenvalue weighted by molar-refractivity contribution is 7.99. The molecule has 0 atom stereocenters. The Morgan fingerprint density at radius 3 is 1.29 bits per heavy atom. The Balaban J connectivity index is 4.29. The second kappa shape index (κ2) is 34.5. The van der Waals surface area contributed by atoms with Crippen molar-refractivity contribution < 1.29 is 28.3 Å². The quantitative estimate of drug-likeness (QED) is 0.0211. The predicted molar refractivity (Wildman–Crippen MR) is 206 cm³/mol. The number of nitrogens with zero attached hydrogens (tertiary/aromatic N) is 2. The molecular formula is C39H76ClN2O5S+. The van der Waals surface area contributed by atoms with Gasteiger partial charge in [-0.05, 0) is 12.8 Å². The lowest BCUT2D eigenvalue weighted by Gasteiger charge is -2.26. The van der Waals surface area contributed by atoms with E-state index in [1.807, 2.05) is 0 Å². The number of unbranched alkanes of at least 4 members (excludes halogenated alkanes) is 20. The number of carbonyl (C=O) groups excluding carboxylic acids is 3. The molecule has 0 bridgehead atoms. The van der Waals surface area contributed by atoms with Crippen LogP contribution in [0.15, 0.2) is 0 Å². The van der Waals surface area contributed by atoms with Crippen LogP contribution in [0.3, 0.4) is 0 Å². The summed E-state index contributed by atoms with van der Waals surface area (Å²) >= 11 is 7.60. The van der Waals surface area contributed by atoms with Gasteiger partial charge >= 0.3 is 11.9 Å². The normalized spacial score (nSPS) is 11.5. The molecule has 0 aromatic rings. The van der Waals surface area contributed by atoms with Crippen molar-refractivity contribution in [2.24, 2.45) is 0 Å². The number of amides is 1. The van der Waals surface area contributed by atoms with Crippen LogP contribution in [0.4, 0.5) is 0 Å². The number of hydrogen-bond donors (Lipinski definition) is 0. The summed E-state index contributed by atoms with van der Waals surface area (Å²) in [6.45, 7) is 6.31. The van der Waals surface area contributed by atoms with Gasteiger partial charge in [-0.1, -0.05) is 154 Å². The van der Waals surface area contributed by atoms with Crippen LogP contribution >= 0.6 is 23.4 Å². The number of ether oxygens (including phenoxy) is 2. The summed E-state index contributed by atoms with van der Waals surface area (Å²) in [7, 11) is 4.13. The minimum Gasteiger partial charge on any atom is -0.464 e. The monoisotopic (exact) mass is 720 g/mol. The number of quaternary nitrogens is 1. The van der Waals surface area contributed by atoms with E-state index in [2.05, 4.69) is 27.9 Å². The number of esters is 2. The molecular weight excluding hydrogens is 644 g/mol. The maximum absolute atomic E-state index is 13.1. The van der Waals surface area contributed by atoms with Crippen molar-refractivity contribution in [3.05, 3.63) is 0 Å². The van der Waals surface area contributed by atoms with Crippen molar-refractivity contribution in [1.29, 1.82) is 0 Å². The topological polar surface area (TPSA) is 72.9 Å². The fourth-order valence-electron chi connectivity index (χ4n) is 5.53. The number of alkyl halides is 1. The van der Waals surface area contributed by atoms with Crippen molar-refractivity contribution in [3.63, 3.8) is 0 Å². The average molecular weight is 721 g/mol. The van der Waals surface area contributed by atoms with Gasteiger partial charge in [-0.25, -0.2) is 0 Å². The maximum Gasteiger partial charge on any atom is 0.305 e. The van der Waals surface area contributed by atoms with Crippen molar-refractivity contribution in [2.75, 3.05) is 64.5 Å². The van der Waals surface area contributed by atoms with Crippen molar-refractivity contribution in [2.45, 2.75) is 168 Å². The van der Waals surface area contributed by atoms with Gasteiger partial charge in [0, 0.05) is 18.6 Å². The largest absolute Gasteiger partial charge is 0.464 e. The Bertz CT molecular complexity index is 727. The number of halogens is 1. The van der Waals surface area contributed by atoms with Crippen molar-refractivity contribution >= 4 is 41.2 Å². The number of carbonyl (C=O) groups is 3. The van der Waals surface area contributed by atoms with E-state index in [1.54, 1.807) is 16.7 Å². The van der Waals surface area contributed by atoms with E-state index in [-0.39, 0.29) is 31.1 Å². The van der Waals surface area contributed by atoms with Crippen molar-refractivity contribution in [3.8, 4) is 0 Å². The Kier molecular flexibility index (Phi) is 33.7. The van der Waals surface area contributed by atoms with Gasteiger partial charge in [0.15, 0.2) is 6.00 Å². The Morgan fingerprint density at radius 2 is 0.938 bits per heavy atom. The summed E-state index contributed by atoms with van der Waals surface area (Å²) in [6.07, 6.45) is 28.1. The molecule has 0 heterocycles. The summed E-state index contributed by atoms with van der Waals surface area (Å²) in [5.74, 6) is 0.724. The first-order valence-corrected chi connectivity index (χ1v) is 21.5. The van der Waals surface area contributed by atoms with E-state index in [9.17, 15) is 14.4 Å². The molecule has 0 aliphatic heterocycles. The molecule has 0 unspecified atom stereocenters. The van der Waals surface area contributed by atoms with Gasteiger partial charge in [0.25, 0.3) is 0 Å². The van der Waals surface area contributed by atoms with Crippen LogP contribution < -0.4 is 0 Å². The minimum atomic E-state index is -0.202. The van der Waals surface area contributed by atoms with Crippen LogP contribution in [0.5, 0.6) is 0 Å². The molecule has 284 valence electrons. The second-order valence-electron chi connectivity index (χ2n) is 14.2. The van der Waals surface area contributed by atoms with Gasteiger partial charge < -0.3 is 18.9 Å². The Labute approximate surface area is 305 Å². The molecule has 0 aliphatic carbocycles. The SMILES string of the molecule is CCCCCCCCCCCCCC(=O)OCCN(CCOC(=O)CCCCCCCCCCCCC)C(=O)CSCC[N+](C)(C)CCl. The Morgan fingerprint density at radius 1 is 0.583 bits per heavy atom. The van der Waals surface area contributed by atoms with Crippen LogP contribution in [-0.4, -0.2) is 91.7 Å². The lowest BCUT2D eigenvalue weighted by atomic mass is 10.1. The molecule has 0 aromatic carbocycles. The molecule has 48 heavy (non-hydrogen) atoms. The molecule has 0 rings (SSSR count). The molecule has 0 saturated heterocycles. The van der Waals surface area contributed by atoms with E-state index in [4.69, 9.17) is 21.1 Å². The first-order valence-electron chi connectivity index (χ1n) is 19.8. The van der Waals surface area contributed by atoms with Gasteiger partial charge in [0.1, 0.15) is 13.2 Å². The van der Waals surface area contributed by atoms with Gasteiger partial charge in [-0.2, -0.15) is 0 Å². The molecule has 1 amide bonds. The number of rotatable bonds is 36. The molecule has 9 heteroatoms. The summed E-state index contributed by atoms with van der Waals surface area (Å²) in [5, 5.41) is 0. The second-order valence-corrected chi connectivity index (χ2v) is 15.6. The minimum absolute atomic E-state index is 0.0287. The van der Waals surface area contributed by atoms with Gasteiger partial charge in [0.05, 0.1) is 39.5 Å². The zero-order valence-corrected chi connectivity index (χ0v) is 33.4. The molecule has 7 nitrogen and oxygen atoms in total. The average Bonchev–Trinajstić information content (AvgIpc) is 3.07. The fraction of sp³-hybridized carbons (Fsp3) is 0.923. The summed E-state index contributed by atoms with van der Waals surface area (Å²) in [4.78, 5) is 39.4. The summed E-state index contributed by atoms with van der Waals surface area (Å²) in [5.41, 5.74) is 0. The first-order chi connectivity index (χ1) is 23.3. The van der Waals surface area contributed by atoms with Gasteiger partial charge in [-0.15, -0.1) is 11.8 Å². The maximum atomic E-state index is 13.1. The smallest absolute Gasteiger partial charge is 0.305 e. The highest BCUT2D eigenvalue weighted by Gasteiger charge is 2.17. The van der Waals surface area contributed by atoms with Crippen LogP contribution in [0.25, 0.3) is 0 Å². The predicted octanol–water partition coefficient (Wildman–Crippen LogP) is 10.3. The third-order valence-corrected chi connectivity index (χ3v) is 10.5. The van der Waals surface area contributed by atoms with Crippen LogP contribution in [-0.2, 0) is 23.9 Å².